The van der Waals surface area contributed by atoms with Gasteiger partial charge in [0, 0.05) is 17.5 Å². The van der Waals surface area contributed by atoms with Crippen molar-refractivity contribution in [3.63, 3.8) is 0 Å². The van der Waals surface area contributed by atoms with Gasteiger partial charge in [0.05, 0.1) is 21.8 Å². The summed E-state index contributed by atoms with van der Waals surface area (Å²) in [5.74, 6) is 0. The molecule has 1 atom stereocenters. The lowest BCUT2D eigenvalue weighted by molar-refractivity contribution is 0.593. The molecule has 1 N–H and O–H groups in total. The van der Waals surface area contributed by atoms with Crippen molar-refractivity contribution in [3.05, 3.63) is 45.9 Å². The number of hydrogen-bond acceptors (Lipinski definition) is 5. The minimum absolute atomic E-state index is 0.267. The number of nitrogens with one attached hydrogen (secondary N) is 1. The van der Waals surface area contributed by atoms with Crippen molar-refractivity contribution in [3.8, 4) is 0 Å². The summed E-state index contributed by atoms with van der Waals surface area (Å²) in [5.41, 5.74) is 2.96. The molecule has 0 saturated carbocycles. The van der Waals surface area contributed by atoms with Crippen LogP contribution in [0.15, 0.2) is 36.0 Å². The zero-order chi connectivity index (χ0) is 12.4. The third-order valence-electron chi connectivity index (χ3n) is 2.85. The highest BCUT2D eigenvalue weighted by atomic mass is 32.1. The van der Waals surface area contributed by atoms with E-state index >= 15 is 0 Å². The van der Waals surface area contributed by atoms with Gasteiger partial charge >= 0.3 is 0 Å². The lowest BCUT2D eigenvalue weighted by Gasteiger charge is -2.11. The highest BCUT2D eigenvalue weighted by Gasteiger charge is 2.15. The average molecular weight is 275 g/mol. The molecule has 0 saturated heterocycles. The second-order valence-electron chi connectivity index (χ2n) is 4.03. The van der Waals surface area contributed by atoms with E-state index < -0.39 is 0 Å². The molecule has 1 unspecified atom stereocenters. The molecular weight excluding hydrogens is 262 g/mol. The van der Waals surface area contributed by atoms with Gasteiger partial charge in [-0.05, 0) is 19.2 Å². The number of likely N-dealkylation sites (N-methyl/N-ethyl adjacent to an activating group) is 1. The van der Waals surface area contributed by atoms with E-state index in [1.807, 2.05) is 24.8 Å². The fraction of sp³-hybridized carbons (Fsp3) is 0.231. The molecule has 3 nitrogen and oxygen atoms in total. The highest BCUT2D eigenvalue weighted by molar-refractivity contribution is 7.18. The summed E-state index contributed by atoms with van der Waals surface area (Å²) in [6.07, 6.45) is 2.88. The van der Waals surface area contributed by atoms with Crippen LogP contribution in [0.1, 0.15) is 15.9 Å². The summed E-state index contributed by atoms with van der Waals surface area (Å²) < 4.78 is 1.25. The second kappa shape index (κ2) is 5.14. The molecule has 2 aromatic heterocycles. The predicted molar refractivity (Wildman–Crippen MR) is 77.2 cm³/mol. The maximum absolute atomic E-state index is 4.70. The van der Waals surface area contributed by atoms with Crippen molar-refractivity contribution in [2.75, 3.05) is 7.05 Å². The van der Waals surface area contributed by atoms with Gasteiger partial charge in [-0.1, -0.05) is 12.1 Å². The molecule has 0 radical (unpaired) electrons. The van der Waals surface area contributed by atoms with Gasteiger partial charge in [0.1, 0.15) is 5.01 Å². The summed E-state index contributed by atoms with van der Waals surface area (Å²) in [6, 6.07) is 8.54. The predicted octanol–water partition coefficient (Wildman–Crippen LogP) is 3.26. The van der Waals surface area contributed by atoms with Gasteiger partial charge in [0.25, 0.3) is 0 Å². The Kier molecular flexibility index (Phi) is 3.36. The molecule has 3 rings (SSSR count). The quantitative estimate of drug-likeness (QED) is 0.794. The normalized spacial score (nSPS) is 12.9. The number of benzene rings is 1. The number of rotatable bonds is 4. The van der Waals surface area contributed by atoms with E-state index in [2.05, 4.69) is 28.5 Å². The molecular formula is C13H13N3S2. The first-order valence-corrected chi connectivity index (χ1v) is 7.46. The van der Waals surface area contributed by atoms with Crippen LogP contribution in [-0.4, -0.2) is 17.0 Å². The lowest BCUT2D eigenvalue weighted by atomic mass is 10.2. The minimum atomic E-state index is 0.267. The Labute approximate surface area is 114 Å². The number of nitrogens with zero attached hydrogens (tertiary/aromatic N) is 2. The van der Waals surface area contributed by atoms with Gasteiger partial charge in [-0.2, -0.15) is 0 Å². The van der Waals surface area contributed by atoms with E-state index in [-0.39, 0.29) is 6.04 Å². The number of para-hydroxylation sites is 1. The third kappa shape index (κ3) is 2.29. The lowest BCUT2D eigenvalue weighted by Crippen LogP contribution is -2.18. The molecule has 1 aromatic carbocycles. The SMILES string of the molecule is CNC(Cc1cncs1)c1nc2ccccc2s1. The van der Waals surface area contributed by atoms with Crippen LogP contribution in [0.25, 0.3) is 10.2 Å². The number of fused-ring (bicyclic) bond motifs is 1. The van der Waals surface area contributed by atoms with Crippen LogP contribution in [0.2, 0.25) is 0 Å². The third-order valence-corrected chi connectivity index (χ3v) is 4.80. The Morgan fingerprint density at radius 3 is 2.94 bits per heavy atom. The van der Waals surface area contributed by atoms with Gasteiger partial charge in [0.2, 0.25) is 0 Å². The molecule has 0 bridgehead atoms. The molecule has 0 fully saturated rings. The minimum Gasteiger partial charge on any atom is -0.311 e. The van der Waals surface area contributed by atoms with Crippen molar-refractivity contribution in [2.45, 2.75) is 12.5 Å². The molecule has 0 aliphatic carbocycles. The van der Waals surface area contributed by atoms with Gasteiger partial charge in [0.15, 0.2) is 0 Å². The van der Waals surface area contributed by atoms with Crippen LogP contribution in [-0.2, 0) is 6.42 Å². The van der Waals surface area contributed by atoms with Crippen molar-refractivity contribution in [1.29, 1.82) is 0 Å². The monoisotopic (exact) mass is 275 g/mol. The smallest absolute Gasteiger partial charge is 0.111 e. The number of thiazole rings is 2. The molecule has 92 valence electrons. The first kappa shape index (κ1) is 11.8. The molecule has 0 aliphatic rings. The van der Waals surface area contributed by atoms with Crippen LogP contribution in [0.5, 0.6) is 0 Å². The van der Waals surface area contributed by atoms with Crippen LogP contribution in [0.4, 0.5) is 0 Å². The summed E-state index contributed by atoms with van der Waals surface area (Å²) in [4.78, 5) is 10.1. The maximum Gasteiger partial charge on any atom is 0.111 e. The molecule has 3 aromatic rings. The Balaban J connectivity index is 1.90. The molecule has 0 amide bonds. The van der Waals surface area contributed by atoms with E-state index in [0.717, 1.165) is 16.9 Å². The topological polar surface area (TPSA) is 37.8 Å². The fourth-order valence-corrected chi connectivity index (χ4v) is 3.62. The van der Waals surface area contributed by atoms with Crippen LogP contribution < -0.4 is 5.32 Å². The van der Waals surface area contributed by atoms with E-state index in [4.69, 9.17) is 4.98 Å². The highest BCUT2D eigenvalue weighted by Crippen LogP contribution is 2.28. The molecule has 0 aliphatic heterocycles. The second-order valence-corrected chi connectivity index (χ2v) is 6.07. The Hall–Kier alpha value is -1.30. The van der Waals surface area contributed by atoms with Crippen molar-refractivity contribution < 1.29 is 0 Å². The Morgan fingerprint density at radius 2 is 2.22 bits per heavy atom. The largest absolute Gasteiger partial charge is 0.311 e. The number of hydrogen-bond donors (Lipinski definition) is 1. The van der Waals surface area contributed by atoms with Crippen LogP contribution >= 0.6 is 22.7 Å². The van der Waals surface area contributed by atoms with E-state index in [9.17, 15) is 0 Å². The Bertz CT molecular complexity index is 598. The molecule has 0 spiro atoms. The van der Waals surface area contributed by atoms with E-state index in [1.54, 1.807) is 22.7 Å². The van der Waals surface area contributed by atoms with E-state index in [1.165, 1.54) is 9.58 Å². The van der Waals surface area contributed by atoms with Crippen LogP contribution in [0.3, 0.4) is 0 Å². The van der Waals surface area contributed by atoms with Gasteiger partial charge < -0.3 is 5.32 Å². The first-order valence-electron chi connectivity index (χ1n) is 5.77. The fourth-order valence-electron chi connectivity index (χ4n) is 1.90. The first-order chi connectivity index (χ1) is 8.86. The molecule has 2 heterocycles. The van der Waals surface area contributed by atoms with Gasteiger partial charge in [-0.15, -0.1) is 22.7 Å². The zero-order valence-electron chi connectivity index (χ0n) is 9.96. The molecule has 18 heavy (non-hydrogen) atoms. The summed E-state index contributed by atoms with van der Waals surface area (Å²) in [7, 11) is 1.98. The average Bonchev–Trinajstić information content (AvgIpc) is 3.04. The van der Waals surface area contributed by atoms with Crippen molar-refractivity contribution in [2.24, 2.45) is 0 Å². The summed E-state index contributed by atoms with van der Waals surface area (Å²) in [5, 5.41) is 4.49. The maximum atomic E-state index is 4.70. The van der Waals surface area contributed by atoms with E-state index in [0.29, 0.717) is 0 Å². The van der Waals surface area contributed by atoms with Crippen LogP contribution in [0, 0.1) is 0 Å². The zero-order valence-corrected chi connectivity index (χ0v) is 11.6. The Morgan fingerprint density at radius 1 is 1.33 bits per heavy atom. The summed E-state index contributed by atoms with van der Waals surface area (Å²) >= 11 is 3.46. The summed E-state index contributed by atoms with van der Waals surface area (Å²) in [6.45, 7) is 0. The molecule has 5 heteroatoms. The standard InChI is InChI=1S/C13H13N3S2/c1-14-11(6-9-7-15-8-17-9)13-16-10-4-2-3-5-12(10)18-13/h2-5,7-8,11,14H,6H2,1H3. The number of aromatic nitrogens is 2. The van der Waals surface area contributed by atoms with Gasteiger partial charge in [-0.3, -0.25) is 4.98 Å². The van der Waals surface area contributed by atoms with Crippen molar-refractivity contribution in [1.82, 2.24) is 15.3 Å². The van der Waals surface area contributed by atoms with Crippen molar-refractivity contribution >= 4 is 32.9 Å². The van der Waals surface area contributed by atoms with Gasteiger partial charge in [-0.25, -0.2) is 4.98 Å².